The van der Waals surface area contributed by atoms with Gasteiger partial charge < -0.3 is 5.32 Å². The highest BCUT2D eigenvalue weighted by atomic mass is 15.1. The number of nitrogens with zero attached hydrogens (tertiary/aromatic N) is 2. The molecule has 2 heterocycles. The molecule has 0 aliphatic carbocycles. The van der Waals surface area contributed by atoms with E-state index >= 15 is 0 Å². The lowest BCUT2D eigenvalue weighted by atomic mass is 10.3. The van der Waals surface area contributed by atoms with Gasteiger partial charge in [0.2, 0.25) is 0 Å². The van der Waals surface area contributed by atoms with Crippen LogP contribution in [0.1, 0.15) is 0 Å². The summed E-state index contributed by atoms with van der Waals surface area (Å²) in [5.41, 5.74) is 2.03. The van der Waals surface area contributed by atoms with E-state index in [2.05, 4.69) is 15.6 Å². The van der Waals surface area contributed by atoms with Gasteiger partial charge in [-0.15, -0.1) is 0 Å². The first kappa shape index (κ1) is 4.61. The summed E-state index contributed by atoms with van der Waals surface area (Å²) in [6, 6.07) is 0. The number of aliphatic imine (C=N–C) groups is 1. The fraction of sp³-hybridized carbons (Fsp3) is 0.167. The Labute approximate surface area is 53.2 Å². The second-order valence-corrected chi connectivity index (χ2v) is 1.92. The van der Waals surface area contributed by atoms with E-state index in [1.165, 1.54) is 0 Å². The molecule has 0 unspecified atom stereocenters. The Kier molecular flexibility index (Phi) is 0.828. The highest BCUT2D eigenvalue weighted by molar-refractivity contribution is 5.65. The Morgan fingerprint density at radius 1 is 1.56 bits per heavy atom. The van der Waals surface area contributed by atoms with Crippen LogP contribution in [0.2, 0.25) is 0 Å². The highest BCUT2D eigenvalue weighted by Crippen LogP contribution is 2.11. The Bertz CT molecular complexity index is 212. The minimum absolute atomic E-state index is 0.811. The predicted octanol–water partition coefficient (Wildman–Crippen LogP) is -0.0388. The van der Waals surface area contributed by atoms with Crippen molar-refractivity contribution < 1.29 is 0 Å². The van der Waals surface area contributed by atoms with E-state index in [4.69, 9.17) is 0 Å². The van der Waals surface area contributed by atoms with E-state index < -0.39 is 0 Å². The molecular weight excluding hydrogens is 114 g/mol. The summed E-state index contributed by atoms with van der Waals surface area (Å²) in [4.78, 5) is 4.03. The van der Waals surface area contributed by atoms with Gasteiger partial charge in [-0.05, 0) is 12.3 Å². The Morgan fingerprint density at radius 2 is 2.56 bits per heavy atom. The maximum absolute atomic E-state index is 4.03. The smallest absolute Gasteiger partial charge is 0.116 e. The largest absolute Gasteiger partial charge is 0.385 e. The fourth-order valence-corrected chi connectivity index (χ4v) is 0.870. The quantitative estimate of drug-likeness (QED) is 0.478. The van der Waals surface area contributed by atoms with Crippen molar-refractivity contribution in [2.24, 2.45) is 4.99 Å². The molecule has 45 valence electrons. The SMILES string of the molecule is C1=CC2=C(CN1)N=C[N]2. The molecule has 0 aromatic carbocycles. The monoisotopic (exact) mass is 120 g/mol. The van der Waals surface area contributed by atoms with E-state index in [1.54, 1.807) is 6.34 Å². The molecule has 9 heavy (non-hydrogen) atoms. The Morgan fingerprint density at radius 3 is 3.44 bits per heavy atom. The summed E-state index contributed by atoms with van der Waals surface area (Å²) < 4.78 is 0. The maximum Gasteiger partial charge on any atom is 0.116 e. The number of rotatable bonds is 0. The van der Waals surface area contributed by atoms with Crippen molar-refractivity contribution >= 4 is 6.34 Å². The van der Waals surface area contributed by atoms with Crippen LogP contribution in [0.15, 0.2) is 28.7 Å². The molecule has 0 fully saturated rings. The molecule has 2 aliphatic rings. The minimum Gasteiger partial charge on any atom is -0.385 e. The van der Waals surface area contributed by atoms with Gasteiger partial charge in [0.25, 0.3) is 0 Å². The van der Waals surface area contributed by atoms with Crippen molar-refractivity contribution in [3.63, 3.8) is 0 Å². The molecule has 1 N–H and O–H groups in total. The Balaban J connectivity index is 2.35. The summed E-state index contributed by atoms with van der Waals surface area (Å²) in [6.45, 7) is 0.811. The molecule has 2 rings (SSSR count). The zero-order chi connectivity index (χ0) is 6.10. The first-order chi connectivity index (χ1) is 4.47. The molecule has 0 saturated carbocycles. The summed E-state index contributed by atoms with van der Waals surface area (Å²) in [5, 5.41) is 7.06. The van der Waals surface area contributed by atoms with Crippen LogP contribution in [0.4, 0.5) is 0 Å². The van der Waals surface area contributed by atoms with Crippen molar-refractivity contribution in [2.45, 2.75) is 0 Å². The van der Waals surface area contributed by atoms with Crippen LogP contribution in [0.3, 0.4) is 0 Å². The molecule has 0 atom stereocenters. The molecule has 0 aromatic rings. The molecule has 0 aromatic heterocycles. The topological polar surface area (TPSA) is 38.5 Å². The molecule has 2 aliphatic heterocycles. The molecule has 1 radical (unpaired) electrons. The van der Waals surface area contributed by atoms with E-state index in [9.17, 15) is 0 Å². The minimum atomic E-state index is 0.811. The van der Waals surface area contributed by atoms with E-state index in [0.717, 1.165) is 17.9 Å². The normalized spacial score (nSPS) is 21.3. The zero-order valence-electron chi connectivity index (χ0n) is 4.83. The van der Waals surface area contributed by atoms with Crippen LogP contribution in [-0.2, 0) is 0 Å². The molecule has 3 nitrogen and oxygen atoms in total. The van der Waals surface area contributed by atoms with Gasteiger partial charge in [0.05, 0.1) is 17.9 Å². The van der Waals surface area contributed by atoms with Crippen LogP contribution >= 0.6 is 0 Å². The first-order valence-corrected chi connectivity index (χ1v) is 2.83. The predicted molar refractivity (Wildman–Crippen MR) is 34.8 cm³/mol. The fourth-order valence-electron chi connectivity index (χ4n) is 0.870. The lowest BCUT2D eigenvalue weighted by Crippen LogP contribution is -2.14. The molecule has 0 amide bonds. The molecule has 0 saturated heterocycles. The van der Waals surface area contributed by atoms with Gasteiger partial charge in [0.1, 0.15) is 6.34 Å². The second-order valence-electron chi connectivity index (χ2n) is 1.92. The van der Waals surface area contributed by atoms with Crippen LogP contribution in [0.5, 0.6) is 0 Å². The standard InChI is InChI=1S/C6H6N3/c1-2-7-3-6-5(1)8-4-9-6/h1-2,4,7H,3H2. The van der Waals surface area contributed by atoms with Crippen LogP contribution in [0.25, 0.3) is 0 Å². The van der Waals surface area contributed by atoms with Crippen molar-refractivity contribution in [2.75, 3.05) is 6.54 Å². The number of nitrogens with one attached hydrogen (secondary N) is 1. The van der Waals surface area contributed by atoms with E-state index in [0.29, 0.717) is 0 Å². The lowest BCUT2D eigenvalue weighted by molar-refractivity contribution is 0.891. The lowest BCUT2D eigenvalue weighted by Gasteiger charge is -2.05. The number of hydrogen-bond donors (Lipinski definition) is 1. The third kappa shape index (κ3) is 0.614. The van der Waals surface area contributed by atoms with Crippen LogP contribution < -0.4 is 10.6 Å². The maximum atomic E-state index is 4.03. The van der Waals surface area contributed by atoms with Gasteiger partial charge >= 0.3 is 0 Å². The molecule has 0 spiro atoms. The third-order valence-corrected chi connectivity index (χ3v) is 1.33. The zero-order valence-corrected chi connectivity index (χ0v) is 4.83. The average molecular weight is 120 g/mol. The van der Waals surface area contributed by atoms with E-state index in [-0.39, 0.29) is 0 Å². The van der Waals surface area contributed by atoms with Gasteiger partial charge in [0, 0.05) is 0 Å². The third-order valence-electron chi connectivity index (χ3n) is 1.33. The summed E-state index contributed by atoms with van der Waals surface area (Å²) >= 11 is 0. The number of dihydropyridines is 1. The Hall–Kier alpha value is -1.25. The van der Waals surface area contributed by atoms with Gasteiger partial charge in [-0.1, -0.05) is 0 Å². The second kappa shape index (κ2) is 1.62. The summed E-state index contributed by atoms with van der Waals surface area (Å²) in [5.74, 6) is 0. The van der Waals surface area contributed by atoms with Crippen molar-refractivity contribution in [1.82, 2.24) is 10.6 Å². The first-order valence-electron chi connectivity index (χ1n) is 2.83. The van der Waals surface area contributed by atoms with Crippen LogP contribution in [0, 0.1) is 0 Å². The van der Waals surface area contributed by atoms with Crippen molar-refractivity contribution in [3.8, 4) is 0 Å². The van der Waals surface area contributed by atoms with Gasteiger partial charge in [-0.25, -0.2) is 10.3 Å². The van der Waals surface area contributed by atoms with Crippen LogP contribution in [-0.4, -0.2) is 12.9 Å². The van der Waals surface area contributed by atoms with Gasteiger partial charge in [-0.2, -0.15) is 0 Å². The van der Waals surface area contributed by atoms with Crippen molar-refractivity contribution in [1.29, 1.82) is 0 Å². The molecular formula is C6H6N3. The van der Waals surface area contributed by atoms with Gasteiger partial charge in [-0.3, -0.25) is 0 Å². The number of allylic oxidation sites excluding steroid dienone is 1. The summed E-state index contributed by atoms with van der Waals surface area (Å²) in [7, 11) is 0. The number of hydrogen-bond acceptors (Lipinski definition) is 2. The summed E-state index contributed by atoms with van der Waals surface area (Å²) in [6.07, 6.45) is 5.39. The van der Waals surface area contributed by atoms with E-state index in [1.807, 2.05) is 12.3 Å². The molecule has 3 heteroatoms. The molecule has 0 bridgehead atoms. The van der Waals surface area contributed by atoms with Crippen molar-refractivity contribution in [3.05, 3.63) is 23.7 Å². The highest BCUT2D eigenvalue weighted by Gasteiger charge is 2.10. The van der Waals surface area contributed by atoms with Gasteiger partial charge in [0.15, 0.2) is 0 Å². The average Bonchev–Trinajstić information content (AvgIpc) is 2.33.